The molecular formula is C15H24N2O2. The van der Waals surface area contributed by atoms with Crippen LogP contribution in [-0.2, 0) is 6.54 Å². The van der Waals surface area contributed by atoms with Crippen molar-refractivity contribution in [3.63, 3.8) is 0 Å². The number of aromatic hydroxyl groups is 2. The molecule has 0 bridgehead atoms. The van der Waals surface area contributed by atoms with Gasteiger partial charge < -0.3 is 15.9 Å². The maximum absolute atomic E-state index is 9.54. The number of nitrogens with two attached hydrogens (primary N) is 1. The van der Waals surface area contributed by atoms with E-state index in [1.807, 2.05) is 6.07 Å². The first-order valence-corrected chi connectivity index (χ1v) is 7.09. The molecule has 0 radical (unpaired) electrons. The summed E-state index contributed by atoms with van der Waals surface area (Å²) in [6, 6.07) is 5.46. The highest BCUT2D eigenvalue weighted by molar-refractivity contribution is 5.40. The van der Waals surface area contributed by atoms with Crippen LogP contribution in [-0.4, -0.2) is 34.2 Å². The third-order valence-corrected chi connectivity index (χ3v) is 4.22. The average molecular weight is 264 g/mol. The summed E-state index contributed by atoms with van der Waals surface area (Å²) in [4.78, 5) is 2.39. The number of phenols is 2. The summed E-state index contributed by atoms with van der Waals surface area (Å²) in [6.07, 6.45) is 3.61. The van der Waals surface area contributed by atoms with E-state index in [9.17, 15) is 10.2 Å². The normalized spacial score (nSPS) is 24.5. The summed E-state index contributed by atoms with van der Waals surface area (Å²) in [5.74, 6) is 0.673. The van der Waals surface area contributed by atoms with Gasteiger partial charge in [-0.3, -0.25) is 4.90 Å². The summed E-state index contributed by atoms with van der Waals surface area (Å²) >= 11 is 0. The predicted octanol–water partition coefficient (Wildman–Crippen LogP) is 2.05. The molecule has 1 fully saturated rings. The van der Waals surface area contributed by atoms with Gasteiger partial charge in [0.05, 0.1) is 0 Å². The van der Waals surface area contributed by atoms with Gasteiger partial charge in [-0.25, -0.2) is 0 Å². The highest BCUT2D eigenvalue weighted by atomic mass is 16.3. The van der Waals surface area contributed by atoms with Crippen LogP contribution in [0.25, 0.3) is 0 Å². The van der Waals surface area contributed by atoms with Crippen LogP contribution in [0.15, 0.2) is 18.2 Å². The van der Waals surface area contributed by atoms with Crippen molar-refractivity contribution < 1.29 is 10.2 Å². The molecule has 19 heavy (non-hydrogen) atoms. The molecule has 1 saturated heterocycles. The summed E-state index contributed by atoms with van der Waals surface area (Å²) < 4.78 is 0. The Morgan fingerprint density at radius 2 is 2.11 bits per heavy atom. The molecule has 106 valence electrons. The minimum atomic E-state index is -0.0659. The van der Waals surface area contributed by atoms with Gasteiger partial charge in [0.15, 0.2) is 11.5 Å². The highest BCUT2D eigenvalue weighted by Crippen LogP contribution is 2.29. The molecule has 0 aromatic heterocycles. The Balaban J connectivity index is 2.03. The van der Waals surface area contributed by atoms with E-state index in [0.717, 1.165) is 31.0 Å². The van der Waals surface area contributed by atoms with E-state index in [1.54, 1.807) is 12.1 Å². The van der Waals surface area contributed by atoms with Gasteiger partial charge in [-0.05, 0) is 43.0 Å². The van der Waals surface area contributed by atoms with Gasteiger partial charge in [-0.2, -0.15) is 0 Å². The fourth-order valence-corrected chi connectivity index (χ4v) is 2.91. The van der Waals surface area contributed by atoms with E-state index < -0.39 is 0 Å². The van der Waals surface area contributed by atoms with Crippen molar-refractivity contribution in [3.8, 4) is 11.5 Å². The minimum absolute atomic E-state index is 0.0507. The maximum Gasteiger partial charge on any atom is 0.157 e. The number of likely N-dealkylation sites (tertiary alicyclic amines) is 1. The first kappa shape index (κ1) is 14.2. The maximum atomic E-state index is 9.54. The van der Waals surface area contributed by atoms with E-state index in [4.69, 9.17) is 5.73 Å². The molecule has 0 aliphatic carbocycles. The molecule has 2 rings (SSSR count). The van der Waals surface area contributed by atoms with Crippen LogP contribution in [0.1, 0.15) is 31.7 Å². The number of nitrogens with zero attached hydrogens (tertiary/aromatic N) is 1. The first-order valence-electron chi connectivity index (χ1n) is 7.09. The molecule has 4 nitrogen and oxygen atoms in total. The molecule has 1 heterocycles. The Morgan fingerprint density at radius 1 is 1.32 bits per heavy atom. The molecule has 2 atom stereocenters. The molecule has 1 aliphatic heterocycles. The molecule has 0 spiro atoms. The molecule has 2 unspecified atom stereocenters. The summed E-state index contributed by atoms with van der Waals surface area (Å²) in [6.45, 7) is 4.76. The lowest BCUT2D eigenvalue weighted by Gasteiger charge is -2.38. The van der Waals surface area contributed by atoms with Crippen molar-refractivity contribution in [1.82, 2.24) is 4.90 Å². The van der Waals surface area contributed by atoms with E-state index in [-0.39, 0.29) is 11.5 Å². The van der Waals surface area contributed by atoms with Crippen molar-refractivity contribution in [1.29, 1.82) is 0 Å². The van der Waals surface area contributed by atoms with Crippen LogP contribution in [0.2, 0.25) is 0 Å². The highest BCUT2D eigenvalue weighted by Gasteiger charge is 2.26. The van der Waals surface area contributed by atoms with Gasteiger partial charge in [0.1, 0.15) is 0 Å². The SMILES string of the molecule is CCC1CCN(Cc2ccc(O)c(O)c2)C(CN)C1. The number of hydrogen-bond acceptors (Lipinski definition) is 4. The monoisotopic (exact) mass is 264 g/mol. The molecule has 0 saturated carbocycles. The van der Waals surface area contributed by atoms with Gasteiger partial charge in [0.2, 0.25) is 0 Å². The molecule has 4 heteroatoms. The van der Waals surface area contributed by atoms with Crippen molar-refractivity contribution in [3.05, 3.63) is 23.8 Å². The van der Waals surface area contributed by atoms with Crippen molar-refractivity contribution >= 4 is 0 Å². The summed E-state index contributed by atoms with van der Waals surface area (Å²) in [7, 11) is 0. The van der Waals surface area contributed by atoms with Crippen LogP contribution in [0.5, 0.6) is 11.5 Å². The van der Waals surface area contributed by atoms with E-state index in [1.165, 1.54) is 12.8 Å². The second kappa shape index (κ2) is 6.26. The van der Waals surface area contributed by atoms with Crippen LogP contribution < -0.4 is 5.73 Å². The topological polar surface area (TPSA) is 69.7 Å². The first-order chi connectivity index (χ1) is 9.13. The second-order valence-corrected chi connectivity index (χ2v) is 5.48. The number of rotatable bonds is 4. The second-order valence-electron chi connectivity index (χ2n) is 5.48. The Hall–Kier alpha value is -1.26. The quantitative estimate of drug-likeness (QED) is 0.728. The van der Waals surface area contributed by atoms with E-state index >= 15 is 0 Å². The third-order valence-electron chi connectivity index (χ3n) is 4.22. The molecule has 1 aromatic carbocycles. The summed E-state index contributed by atoms with van der Waals surface area (Å²) in [5.41, 5.74) is 6.90. The van der Waals surface area contributed by atoms with Gasteiger partial charge in [-0.1, -0.05) is 19.4 Å². The molecule has 0 amide bonds. The molecular weight excluding hydrogens is 240 g/mol. The fourth-order valence-electron chi connectivity index (χ4n) is 2.91. The largest absolute Gasteiger partial charge is 0.504 e. The van der Waals surface area contributed by atoms with E-state index in [2.05, 4.69) is 11.8 Å². The Kier molecular flexibility index (Phi) is 4.66. The van der Waals surface area contributed by atoms with Gasteiger partial charge in [0.25, 0.3) is 0 Å². The van der Waals surface area contributed by atoms with Crippen LogP contribution in [0.3, 0.4) is 0 Å². The molecule has 1 aliphatic rings. The van der Waals surface area contributed by atoms with Gasteiger partial charge in [0, 0.05) is 19.1 Å². The van der Waals surface area contributed by atoms with E-state index in [0.29, 0.717) is 12.6 Å². The molecule has 4 N–H and O–H groups in total. The lowest BCUT2D eigenvalue weighted by Crippen LogP contribution is -2.45. The third kappa shape index (κ3) is 3.39. The van der Waals surface area contributed by atoms with Crippen LogP contribution in [0.4, 0.5) is 0 Å². The number of hydrogen-bond donors (Lipinski definition) is 3. The Bertz CT molecular complexity index is 423. The molecule has 1 aromatic rings. The Morgan fingerprint density at radius 3 is 2.74 bits per heavy atom. The smallest absolute Gasteiger partial charge is 0.157 e. The Labute approximate surface area is 114 Å². The fraction of sp³-hybridized carbons (Fsp3) is 0.600. The van der Waals surface area contributed by atoms with Gasteiger partial charge in [-0.15, -0.1) is 0 Å². The number of benzene rings is 1. The standard InChI is InChI=1S/C15H24N2O2/c1-2-11-5-6-17(13(7-11)9-16)10-12-3-4-14(18)15(19)8-12/h3-4,8,11,13,18-19H,2,5-7,9-10,16H2,1H3. The lowest BCUT2D eigenvalue weighted by atomic mass is 9.88. The van der Waals surface area contributed by atoms with Crippen LogP contribution in [0, 0.1) is 5.92 Å². The van der Waals surface area contributed by atoms with Crippen molar-refractivity contribution in [2.45, 2.75) is 38.8 Å². The zero-order valence-electron chi connectivity index (χ0n) is 11.5. The van der Waals surface area contributed by atoms with Crippen molar-refractivity contribution in [2.24, 2.45) is 11.7 Å². The minimum Gasteiger partial charge on any atom is -0.504 e. The number of piperidine rings is 1. The average Bonchev–Trinajstić information content (AvgIpc) is 2.43. The zero-order chi connectivity index (χ0) is 13.8. The van der Waals surface area contributed by atoms with Crippen LogP contribution >= 0.6 is 0 Å². The lowest BCUT2D eigenvalue weighted by molar-refractivity contribution is 0.107. The zero-order valence-corrected chi connectivity index (χ0v) is 11.5. The predicted molar refractivity (Wildman–Crippen MR) is 76.0 cm³/mol. The van der Waals surface area contributed by atoms with Crippen molar-refractivity contribution in [2.75, 3.05) is 13.1 Å². The summed E-state index contributed by atoms with van der Waals surface area (Å²) in [5, 5.41) is 18.9. The number of phenolic OH excluding ortho intramolecular Hbond substituents is 2. The van der Waals surface area contributed by atoms with Gasteiger partial charge >= 0.3 is 0 Å².